The third kappa shape index (κ3) is 6.90. The van der Waals surface area contributed by atoms with E-state index in [9.17, 15) is 4.79 Å². The number of aryl methyl sites for hydroxylation is 2. The first-order valence-electron chi connectivity index (χ1n) is 14.1. The zero-order valence-electron chi connectivity index (χ0n) is 25.0. The average molecular weight is 566 g/mol. The molecule has 10 heteroatoms. The van der Waals surface area contributed by atoms with Crippen LogP contribution in [0.4, 0.5) is 5.69 Å². The number of aromatic nitrogens is 5. The largest absolute Gasteiger partial charge is 0.397 e. The number of imidazole rings is 1. The number of pyridine rings is 2. The molecular formula is C32H39N9O. The number of nitrogen functional groups attached to an aromatic ring is 1. The summed E-state index contributed by atoms with van der Waals surface area (Å²) in [7, 11) is 3.99. The van der Waals surface area contributed by atoms with Crippen molar-refractivity contribution in [3.63, 3.8) is 0 Å². The fourth-order valence-electron chi connectivity index (χ4n) is 4.61. The lowest BCUT2D eigenvalue weighted by Crippen LogP contribution is -2.47. The monoisotopic (exact) mass is 565 g/mol. The van der Waals surface area contributed by atoms with E-state index in [0.717, 1.165) is 66.0 Å². The summed E-state index contributed by atoms with van der Waals surface area (Å²) in [6.45, 7) is 9.40. The summed E-state index contributed by atoms with van der Waals surface area (Å²) in [6, 6.07) is 13.4. The number of hydrogen-bond acceptors (Lipinski definition) is 7. The number of rotatable bonds is 4. The Hall–Kier alpha value is -4.83. The molecule has 0 saturated carbocycles. The molecule has 42 heavy (non-hydrogen) atoms. The lowest BCUT2D eigenvalue weighted by atomic mass is 10.0. The predicted molar refractivity (Wildman–Crippen MR) is 169 cm³/mol. The van der Waals surface area contributed by atoms with Crippen molar-refractivity contribution < 1.29 is 4.79 Å². The molecule has 10 nitrogen and oxygen atoms in total. The molecule has 1 fully saturated rings. The Labute approximate surface area is 246 Å². The molecule has 0 aliphatic carbocycles. The third-order valence-corrected chi connectivity index (χ3v) is 7.07. The molecule has 0 atom stereocenters. The molecule has 1 aliphatic rings. The zero-order valence-corrected chi connectivity index (χ0v) is 25.0. The molecule has 0 unspecified atom stereocenters. The van der Waals surface area contributed by atoms with Gasteiger partial charge < -0.3 is 25.3 Å². The third-order valence-electron chi connectivity index (χ3n) is 7.07. The summed E-state index contributed by atoms with van der Waals surface area (Å²) in [5, 5.41) is 11.4. The van der Waals surface area contributed by atoms with E-state index in [1.807, 2.05) is 81.6 Å². The van der Waals surface area contributed by atoms with Crippen molar-refractivity contribution in [3.05, 3.63) is 90.4 Å². The van der Waals surface area contributed by atoms with E-state index in [1.54, 1.807) is 16.9 Å². The molecule has 218 valence electrons. The first-order chi connectivity index (χ1) is 20.3. The summed E-state index contributed by atoms with van der Waals surface area (Å²) in [5.41, 5.74) is 13.7. The Morgan fingerprint density at radius 2 is 1.55 bits per heavy atom. The van der Waals surface area contributed by atoms with Gasteiger partial charge in [-0.2, -0.15) is 5.10 Å². The summed E-state index contributed by atoms with van der Waals surface area (Å²) in [5.74, 6) is 0.0754. The van der Waals surface area contributed by atoms with Crippen LogP contribution in [-0.4, -0.2) is 79.3 Å². The van der Waals surface area contributed by atoms with E-state index in [1.165, 1.54) is 0 Å². The van der Waals surface area contributed by atoms with Crippen LogP contribution in [0.15, 0.2) is 73.4 Å². The van der Waals surface area contributed by atoms with Gasteiger partial charge in [0, 0.05) is 92.2 Å². The highest BCUT2D eigenvalue weighted by Gasteiger charge is 2.20. The fraction of sp³-hybridized carbons (Fsp3) is 0.281. The normalized spacial score (nSPS) is 13.1. The van der Waals surface area contributed by atoms with Gasteiger partial charge in [0.25, 0.3) is 5.91 Å². The molecular weight excluding hydrogens is 526 g/mol. The number of nitrogens with zero attached hydrogens (tertiary/aromatic N) is 7. The molecule has 4 aromatic heterocycles. The number of anilines is 1. The summed E-state index contributed by atoms with van der Waals surface area (Å²) < 4.78 is 3.89. The number of carbonyl (C=O) groups is 1. The van der Waals surface area contributed by atoms with Crippen LogP contribution in [0.1, 0.15) is 35.6 Å². The maximum Gasteiger partial charge on any atom is 0.253 e. The van der Waals surface area contributed by atoms with E-state index < -0.39 is 0 Å². The molecule has 1 amide bonds. The number of nitrogens with two attached hydrogens (primary N) is 1. The molecule has 6 rings (SSSR count). The van der Waals surface area contributed by atoms with Gasteiger partial charge in [0.05, 0.1) is 11.9 Å². The Morgan fingerprint density at radius 1 is 0.857 bits per heavy atom. The topological polar surface area (TPSA) is 121 Å². The number of hydrogen-bond donors (Lipinski definition) is 2. The number of amides is 1. The van der Waals surface area contributed by atoms with Gasteiger partial charge in [-0.1, -0.05) is 26.0 Å². The summed E-state index contributed by atoms with van der Waals surface area (Å²) in [4.78, 5) is 25.1. The minimum atomic E-state index is 0.0754. The lowest BCUT2D eigenvalue weighted by Gasteiger charge is -2.32. The van der Waals surface area contributed by atoms with E-state index in [0.29, 0.717) is 16.9 Å². The quantitative estimate of drug-likeness (QED) is 0.302. The van der Waals surface area contributed by atoms with Gasteiger partial charge in [0.2, 0.25) is 0 Å². The van der Waals surface area contributed by atoms with Gasteiger partial charge in [0.1, 0.15) is 11.3 Å². The van der Waals surface area contributed by atoms with Crippen LogP contribution in [0.5, 0.6) is 0 Å². The minimum Gasteiger partial charge on any atom is -0.397 e. The van der Waals surface area contributed by atoms with Crippen LogP contribution >= 0.6 is 0 Å². The van der Waals surface area contributed by atoms with E-state index in [2.05, 4.69) is 43.7 Å². The van der Waals surface area contributed by atoms with Crippen molar-refractivity contribution in [2.24, 2.45) is 7.05 Å². The van der Waals surface area contributed by atoms with Crippen molar-refractivity contribution in [1.29, 1.82) is 5.41 Å². The number of benzene rings is 1. The van der Waals surface area contributed by atoms with Crippen LogP contribution in [0.25, 0.3) is 27.9 Å². The molecule has 5 heterocycles. The Bertz CT molecular complexity index is 1640. The molecule has 1 aromatic carbocycles. The first kappa shape index (κ1) is 30.1. The Kier molecular flexibility index (Phi) is 9.82. The Balaban J connectivity index is 0.000000195. The second-order valence-electron chi connectivity index (χ2n) is 9.96. The van der Waals surface area contributed by atoms with Crippen LogP contribution in [-0.2, 0) is 7.05 Å². The molecule has 1 aliphatic heterocycles. The van der Waals surface area contributed by atoms with Gasteiger partial charge >= 0.3 is 0 Å². The van der Waals surface area contributed by atoms with E-state index in [4.69, 9.17) is 11.1 Å². The second-order valence-corrected chi connectivity index (χ2v) is 9.96. The summed E-state index contributed by atoms with van der Waals surface area (Å²) >= 11 is 0. The van der Waals surface area contributed by atoms with Gasteiger partial charge in [-0.15, -0.1) is 0 Å². The predicted octanol–water partition coefficient (Wildman–Crippen LogP) is 4.79. The van der Waals surface area contributed by atoms with Crippen LogP contribution in [0.2, 0.25) is 0 Å². The first-order valence-corrected chi connectivity index (χ1v) is 14.1. The molecule has 1 saturated heterocycles. The van der Waals surface area contributed by atoms with Crippen molar-refractivity contribution in [3.8, 4) is 22.3 Å². The van der Waals surface area contributed by atoms with Gasteiger partial charge in [0.15, 0.2) is 0 Å². The molecule has 0 spiro atoms. The number of nitrogens with one attached hydrogen (secondary N) is 1. The van der Waals surface area contributed by atoms with Crippen LogP contribution in [0.3, 0.4) is 0 Å². The summed E-state index contributed by atoms with van der Waals surface area (Å²) in [6.07, 6.45) is 10.7. The van der Waals surface area contributed by atoms with Crippen molar-refractivity contribution in [2.45, 2.75) is 20.8 Å². The maximum atomic E-state index is 12.5. The zero-order chi connectivity index (χ0) is 30.2. The molecule has 0 bridgehead atoms. The second kappa shape index (κ2) is 13.7. The Morgan fingerprint density at radius 3 is 2.17 bits per heavy atom. The van der Waals surface area contributed by atoms with Gasteiger partial charge in [-0.3, -0.25) is 14.5 Å². The van der Waals surface area contributed by atoms with Gasteiger partial charge in [-0.25, -0.2) is 4.98 Å². The van der Waals surface area contributed by atoms with E-state index in [-0.39, 0.29) is 5.91 Å². The van der Waals surface area contributed by atoms with E-state index >= 15 is 0 Å². The van der Waals surface area contributed by atoms with Crippen molar-refractivity contribution in [2.75, 3.05) is 39.0 Å². The van der Waals surface area contributed by atoms with Crippen LogP contribution in [0, 0.1) is 12.3 Å². The molecule has 0 radical (unpaired) electrons. The minimum absolute atomic E-state index is 0.0754. The molecule has 5 aromatic rings. The lowest BCUT2D eigenvalue weighted by molar-refractivity contribution is 0.0664. The number of likely N-dealkylation sites (N-methyl/N-ethyl adjacent to an activating group) is 1. The average Bonchev–Trinajstić information content (AvgIpc) is 3.63. The molecule has 3 N–H and O–H groups in total. The number of piperazine rings is 1. The highest BCUT2D eigenvalue weighted by Crippen LogP contribution is 2.23. The fourth-order valence-corrected chi connectivity index (χ4v) is 4.61. The highest BCUT2D eigenvalue weighted by atomic mass is 16.2. The van der Waals surface area contributed by atoms with Crippen molar-refractivity contribution >= 4 is 23.5 Å². The number of fused-ring (bicyclic) bond motifs is 1. The van der Waals surface area contributed by atoms with Crippen LogP contribution < -0.4 is 5.73 Å². The number of carbonyl (C=O) groups excluding carboxylic acids is 1. The highest BCUT2D eigenvalue weighted by molar-refractivity contribution is 5.95. The standard InChI is InChI=1S/C18H21N5O.C12H12N4.C2H6/c1-22-6-8-23(9-7-22)18(24)14-4-2-13(3-5-14)15-10-16(20)17(11-19)21-12-15;1-9-5-13-12-4-3-10(8-16(9)12)11-6-14-15(2)7-11;1-2/h2-5,10-12,19H,6-9,20H2,1H3;3-8H,1-2H3;1-2H3. The van der Waals surface area contributed by atoms with Gasteiger partial charge in [-0.05, 0) is 49.9 Å². The smallest absolute Gasteiger partial charge is 0.253 e. The van der Waals surface area contributed by atoms with Crippen molar-refractivity contribution in [1.82, 2.24) is 33.9 Å². The maximum absolute atomic E-state index is 12.5. The SMILES string of the molecule is CC.CN1CCN(C(=O)c2ccc(-c3cnc(C=N)c(N)c3)cc2)CC1.Cc1cnc2ccc(-c3cnn(C)c3)cn12.